The van der Waals surface area contributed by atoms with E-state index in [1.54, 1.807) is 0 Å². The van der Waals surface area contributed by atoms with Crippen molar-refractivity contribution in [2.45, 2.75) is 0 Å². The zero-order chi connectivity index (χ0) is 4.24. The maximum Gasteiger partial charge on any atom is 0.0591 e. The van der Waals surface area contributed by atoms with Crippen LogP contribution in [0.15, 0.2) is 0 Å². The van der Waals surface area contributed by atoms with Crippen LogP contribution in [0, 0.1) is 0 Å². The minimum absolute atomic E-state index is 0. The summed E-state index contributed by atoms with van der Waals surface area (Å²) in [5.41, 5.74) is 0. The minimum atomic E-state index is 0. The van der Waals surface area contributed by atoms with Gasteiger partial charge in [0.2, 0.25) is 0 Å². The number of rotatable bonds is 0. The topological polar surface area (TPSA) is 21.3 Å². The second kappa shape index (κ2) is 7.56. The Balaban J connectivity index is 0. The van der Waals surface area contributed by atoms with E-state index >= 15 is 0 Å². The largest absolute Gasteiger partial charge is 1.00 e. The molecule has 1 heterocycles. The second-order valence-corrected chi connectivity index (χ2v) is 1.36. The first kappa shape index (κ1) is 11.4. The van der Waals surface area contributed by atoms with Crippen molar-refractivity contribution in [2.75, 3.05) is 26.3 Å². The zero-order valence-corrected chi connectivity index (χ0v) is 6.60. The standard InChI is InChI=1S/C4H9NO.ClH.H2S/c1-3-6-4-2-5-1;;/h5H,1-4H2;1H;1H2. The van der Waals surface area contributed by atoms with E-state index in [9.17, 15) is 0 Å². The van der Waals surface area contributed by atoms with Gasteiger partial charge in [-0.15, -0.1) is 0 Å². The van der Waals surface area contributed by atoms with Crippen molar-refractivity contribution >= 4 is 13.5 Å². The van der Waals surface area contributed by atoms with Crippen LogP contribution < -0.4 is 17.7 Å². The van der Waals surface area contributed by atoms with E-state index in [1.807, 2.05) is 0 Å². The lowest BCUT2D eigenvalue weighted by atomic mass is 10.5. The highest BCUT2D eigenvalue weighted by Gasteiger charge is 1.92. The molecule has 0 amide bonds. The van der Waals surface area contributed by atoms with Gasteiger partial charge in [0.25, 0.3) is 0 Å². The molecule has 1 saturated heterocycles. The lowest BCUT2D eigenvalue weighted by Crippen LogP contribution is -3.00. The normalized spacial score (nSPS) is 18.0. The molecule has 1 aliphatic heterocycles. The SMILES string of the molecule is C1COCCN1.[Cl-].[SH3+]. The Bertz CT molecular complexity index is 31.5. The number of halogens is 1. The van der Waals surface area contributed by atoms with Gasteiger partial charge in [0, 0.05) is 13.1 Å². The van der Waals surface area contributed by atoms with Crippen molar-refractivity contribution < 1.29 is 17.1 Å². The third kappa shape index (κ3) is 4.71. The summed E-state index contributed by atoms with van der Waals surface area (Å²) in [4.78, 5) is 0. The predicted octanol–water partition coefficient (Wildman–Crippen LogP) is -4.20. The molecule has 4 heteroatoms. The molecule has 0 aromatic carbocycles. The van der Waals surface area contributed by atoms with Gasteiger partial charge in [-0.2, -0.15) is 0 Å². The van der Waals surface area contributed by atoms with Crippen molar-refractivity contribution in [1.29, 1.82) is 0 Å². The highest BCUT2D eigenvalue weighted by atomic mass is 35.5. The number of hydrogen-bond donors (Lipinski definition) is 1. The maximum absolute atomic E-state index is 5.01. The van der Waals surface area contributed by atoms with Gasteiger partial charge >= 0.3 is 0 Å². The van der Waals surface area contributed by atoms with Crippen molar-refractivity contribution in [3.63, 3.8) is 0 Å². The molecule has 0 spiro atoms. The summed E-state index contributed by atoms with van der Waals surface area (Å²) < 4.78 is 5.01. The molecule has 0 bridgehead atoms. The highest BCUT2D eigenvalue weighted by Crippen LogP contribution is 1.76. The number of nitrogens with one attached hydrogen (secondary N) is 1. The van der Waals surface area contributed by atoms with Crippen LogP contribution in [0.2, 0.25) is 0 Å². The highest BCUT2D eigenvalue weighted by molar-refractivity contribution is 7.37. The summed E-state index contributed by atoms with van der Waals surface area (Å²) in [7, 11) is 0. The third-order valence-corrected chi connectivity index (χ3v) is 0.846. The van der Waals surface area contributed by atoms with E-state index in [1.165, 1.54) is 0 Å². The van der Waals surface area contributed by atoms with Gasteiger partial charge in [0.1, 0.15) is 0 Å². The lowest BCUT2D eigenvalue weighted by molar-refractivity contribution is -0.00000209. The van der Waals surface area contributed by atoms with Gasteiger partial charge in [-0.3, -0.25) is 0 Å². The number of morpholine rings is 1. The molecule has 1 N–H and O–H groups in total. The average molecular weight is 158 g/mol. The summed E-state index contributed by atoms with van der Waals surface area (Å²) in [6, 6.07) is 0. The fourth-order valence-electron chi connectivity index (χ4n) is 0.516. The molecule has 8 heavy (non-hydrogen) atoms. The van der Waals surface area contributed by atoms with Crippen LogP contribution in [-0.4, -0.2) is 26.3 Å². The van der Waals surface area contributed by atoms with E-state index in [0.29, 0.717) is 0 Å². The van der Waals surface area contributed by atoms with Crippen LogP contribution >= 0.6 is 0 Å². The minimum Gasteiger partial charge on any atom is -1.00 e. The fraction of sp³-hybridized carbons (Fsp3) is 1.00. The monoisotopic (exact) mass is 157 g/mol. The first-order valence-corrected chi connectivity index (χ1v) is 2.28. The quantitative estimate of drug-likeness (QED) is 0.361. The van der Waals surface area contributed by atoms with Gasteiger partial charge in [0.05, 0.1) is 13.2 Å². The molecule has 1 rings (SSSR count). The van der Waals surface area contributed by atoms with E-state index in [2.05, 4.69) is 5.32 Å². The molecule has 52 valence electrons. The van der Waals surface area contributed by atoms with Crippen LogP contribution in [0.3, 0.4) is 0 Å². The summed E-state index contributed by atoms with van der Waals surface area (Å²) in [5, 5.41) is 3.16. The summed E-state index contributed by atoms with van der Waals surface area (Å²) in [6.45, 7) is 3.83. The summed E-state index contributed by atoms with van der Waals surface area (Å²) in [5.74, 6) is 0. The summed E-state index contributed by atoms with van der Waals surface area (Å²) in [6.07, 6.45) is 0. The lowest BCUT2D eigenvalue weighted by Gasteiger charge is -2.10. The molecule has 0 aromatic rings. The van der Waals surface area contributed by atoms with Gasteiger partial charge in [-0.05, 0) is 0 Å². The van der Waals surface area contributed by atoms with Crippen LogP contribution in [0.5, 0.6) is 0 Å². The van der Waals surface area contributed by atoms with Crippen LogP contribution in [0.1, 0.15) is 0 Å². The van der Waals surface area contributed by atoms with Crippen LogP contribution in [0.4, 0.5) is 0 Å². The molecular formula is C4H12ClNOS. The van der Waals surface area contributed by atoms with E-state index < -0.39 is 0 Å². The molecule has 0 aromatic heterocycles. The Hall–Kier alpha value is 0.560. The van der Waals surface area contributed by atoms with Crippen molar-refractivity contribution in [3.8, 4) is 0 Å². The molecule has 1 fully saturated rings. The molecule has 0 saturated carbocycles. The molecule has 0 unspecified atom stereocenters. The smallest absolute Gasteiger partial charge is 0.0591 e. The zero-order valence-electron chi connectivity index (χ0n) is 4.69. The molecule has 0 atom stereocenters. The third-order valence-electron chi connectivity index (χ3n) is 0.846. The van der Waals surface area contributed by atoms with Gasteiger partial charge < -0.3 is 22.5 Å². The first-order valence-electron chi connectivity index (χ1n) is 2.28. The Labute approximate surface area is 62.8 Å². The Morgan fingerprint density at radius 1 is 1.12 bits per heavy atom. The van der Waals surface area contributed by atoms with Crippen molar-refractivity contribution in [1.82, 2.24) is 5.32 Å². The number of hydrogen-bond acceptors (Lipinski definition) is 2. The molecular weight excluding hydrogens is 146 g/mol. The van der Waals surface area contributed by atoms with Gasteiger partial charge in [0.15, 0.2) is 0 Å². The van der Waals surface area contributed by atoms with Crippen molar-refractivity contribution in [3.05, 3.63) is 0 Å². The Kier molecular flexibility index (Phi) is 10.7. The average Bonchev–Trinajstić information content (AvgIpc) is 1.72. The summed E-state index contributed by atoms with van der Waals surface area (Å²) >= 11 is 0. The predicted molar refractivity (Wildman–Crippen MR) is 35.2 cm³/mol. The van der Waals surface area contributed by atoms with E-state index in [0.717, 1.165) is 26.3 Å². The Morgan fingerprint density at radius 2 is 1.62 bits per heavy atom. The van der Waals surface area contributed by atoms with Crippen LogP contribution in [0.25, 0.3) is 0 Å². The first-order chi connectivity index (χ1) is 3.00. The van der Waals surface area contributed by atoms with E-state index in [-0.39, 0.29) is 25.9 Å². The number of ether oxygens (including phenoxy) is 1. The van der Waals surface area contributed by atoms with Gasteiger partial charge in [-0.25, -0.2) is 0 Å². The van der Waals surface area contributed by atoms with Crippen LogP contribution in [-0.2, 0) is 18.2 Å². The van der Waals surface area contributed by atoms with Crippen molar-refractivity contribution in [2.24, 2.45) is 0 Å². The Morgan fingerprint density at radius 3 is 1.75 bits per heavy atom. The van der Waals surface area contributed by atoms with Gasteiger partial charge in [-0.1, -0.05) is 13.5 Å². The fourth-order valence-corrected chi connectivity index (χ4v) is 0.516. The molecule has 0 radical (unpaired) electrons. The second-order valence-electron chi connectivity index (χ2n) is 1.36. The van der Waals surface area contributed by atoms with E-state index in [4.69, 9.17) is 4.74 Å². The molecule has 1 aliphatic rings. The maximum atomic E-state index is 5.01. The molecule has 2 nitrogen and oxygen atoms in total. The molecule has 0 aliphatic carbocycles.